The number of carbonyl (C=O) groups excluding carboxylic acids is 1. The van der Waals surface area contributed by atoms with Gasteiger partial charge in [-0.2, -0.15) is 0 Å². The minimum Gasteiger partial charge on any atom is -0.377 e. The highest BCUT2D eigenvalue weighted by atomic mass is 16.5. The number of nitrogens with zero attached hydrogens (tertiary/aromatic N) is 1. The Morgan fingerprint density at radius 3 is 2.67 bits per heavy atom. The number of nitrogens with one attached hydrogen (secondary N) is 1. The van der Waals surface area contributed by atoms with Crippen LogP contribution in [0, 0.1) is 13.8 Å². The fourth-order valence-electron chi connectivity index (χ4n) is 2.58. The summed E-state index contributed by atoms with van der Waals surface area (Å²) in [5.74, 6) is 0. The standard InChI is InChI=1S/C16H24N2O3/c1-11-6-5-7-12(2)13(11)8-18(3)16(19)17-14-9-21-10-15(14)20-4/h5-7,14-15H,8-10H2,1-4H3,(H,17,19)/t14-,15+/m0/s1. The van der Waals surface area contributed by atoms with E-state index in [1.165, 1.54) is 16.7 Å². The predicted octanol–water partition coefficient (Wildman–Crippen LogP) is 1.86. The molecule has 2 amide bonds. The zero-order valence-electron chi connectivity index (χ0n) is 13.2. The Labute approximate surface area is 126 Å². The Bertz CT molecular complexity index is 484. The lowest BCUT2D eigenvalue weighted by Crippen LogP contribution is -2.48. The first-order chi connectivity index (χ1) is 10.0. The fourth-order valence-corrected chi connectivity index (χ4v) is 2.58. The van der Waals surface area contributed by atoms with Crippen molar-refractivity contribution in [3.63, 3.8) is 0 Å². The van der Waals surface area contributed by atoms with Crippen LogP contribution in [0.4, 0.5) is 4.79 Å². The molecule has 2 atom stereocenters. The lowest BCUT2D eigenvalue weighted by atomic mass is 10.0. The van der Waals surface area contributed by atoms with E-state index < -0.39 is 0 Å². The summed E-state index contributed by atoms with van der Waals surface area (Å²) in [6.07, 6.45) is -0.0671. The Kier molecular flexibility index (Phi) is 5.20. The van der Waals surface area contributed by atoms with E-state index in [-0.39, 0.29) is 18.2 Å². The number of methoxy groups -OCH3 is 1. The number of carbonyl (C=O) groups is 1. The number of aryl methyl sites for hydroxylation is 2. The molecule has 1 N–H and O–H groups in total. The van der Waals surface area contributed by atoms with E-state index in [2.05, 4.69) is 31.3 Å². The summed E-state index contributed by atoms with van der Waals surface area (Å²) in [7, 11) is 3.44. The summed E-state index contributed by atoms with van der Waals surface area (Å²) in [5, 5.41) is 2.98. The second-order valence-electron chi connectivity index (χ2n) is 5.59. The van der Waals surface area contributed by atoms with Crippen LogP contribution < -0.4 is 5.32 Å². The van der Waals surface area contributed by atoms with Gasteiger partial charge in [0.25, 0.3) is 0 Å². The quantitative estimate of drug-likeness (QED) is 0.921. The van der Waals surface area contributed by atoms with Crippen LogP contribution in [-0.4, -0.2) is 50.4 Å². The lowest BCUT2D eigenvalue weighted by molar-refractivity contribution is 0.0736. The normalized spacial score (nSPS) is 21.3. The van der Waals surface area contributed by atoms with Crippen molar-refractivity contribution in [2.24, 2.45) is 0 Å². The third-order valence-corrected chi connectivity index (χ3v) is 4.03. The predicted molar refractivity (Wildman–Crippen MR) is 81.3 cm³/mol. The molecule has 116 valence electrons. The van der Waals surface area contributed by atoms with Crippen molar-refractivity contribution in [1.82, 2.24) is 10.2 Å². The van der Waals surface area contributed by atoms with Gasteiger partial charge in [0.1, 0.15) is 6.10 Å². The molecule has 2 rings (SSSR count). The molecule has 0 aliphatic carbocycles. The molecule has 1 aliphatic rings. The highest BCUT2D eigenvalue weighted by molar-refractivity contribution is 5.74. The number of rotatable bonds is 4. The van der Waals surface area contributed by atoms with Crippen LogP contribution in [0.25, 0.3) is 0 Å². The zero-order valence-corrected chi connectivity index (χ0v) is 13.2. The molecule has 5 heteroatoms. The molecule has 0 aromatic heterocycles. The number of amides is 2. The van der Waals surface area contributed by atoms with Gasteiger partial charge in [-0.05, 0) is 30.5 Å². The van der Waals surface area contributed by atoms with Crippen molar-refractivity contribution < 1.29 is 14.3 Å². The number of urea groups is 1. The minimum atomic E-state index is -0.102. The first kappa shape index (κ1) is 15.8. The van der Waals surface area contributed by atoms with Gasteiger partial charge >= 0.3 is 6.03 Å². The van der Waals surface area contributed by atoms with Gasteiger partial charge in [0, 0.05) is 20.7 Å². The largest absolute Gasteiger partial charge is 0.377 e. The van der Waals surface area contributed by atoms with Crippen LogP contribution in [-0.2, 0) is 16.0 Å². The van der Waals surface area contributed by atoms with Crippen molar-refractivity contribution in [1.29, 1.82) is 0 Å². The molecule has 1 saturated heterocycles. The molecule has 21 heavy (non-hydrogen) atoms. The average molecular weight is 292 g/mol. The van der Waals surface area contributed by atoms with E-state index in [1.54, 1.807) is 19.1 Å². The Morgan fingerprint density at radius 2 is 2.05 bits per heavy atom. The maximum atomic E-state index is 12.3. The van der Waals surface area contributed by atoms with Crippen molar-refractivity contribution in [2.45, 2.75) is 32.5 Å². The summed E-state index contributed by atoms with van der Waals surface area (Å²) in [5.41, 5.74) is 3.60. The van der Waals surface area contributed by atoms with E-state index in [0.717, 1.165) is 0 Å². The van der Waals surface area contributed by atoms with Gasteiger partial charge in [-0.15, -0.1) is 0 Å². The molecule has 1 aromatic rings. The molecule has 0 saturated carbocycles. The molecule has 1 fully saturated rings. The summed E-state index contributed by atoms with van der Waals surface area (Å²) < 4.78 is 10.6. The molecule has 1 aromatic carbocycles. The summed E-state index contributed by atoms with van der Waals surface area (Å²) >= 11 is 0. The summed E-state index contributed by atoms with van der Waals surface area (Å²) in [6.45, 7) is 5.76. The first-order valence-electron chi connectivity index (χ1n) is 7.20. The Hall–Kier alpha value is -1.59. The maximum Gasteiger partial charge on any atom is 0.317 e. The third-order valence-electron chi connectivity index (χ3n) is 4.03. The van der Waals surface area contributed by atoms with Crippen LogP contribution in [0.2, 0.25) is 0 Å². The van der Waals surface area contributed by atoms with Crippen molar-refractivity contribution in [3.8, 4) is 0 Å². The molecule has 0 bridgehead atoms. The number of hydrogen-bond donors (Lipinski definition) is 1. The van der Waals surface area contributed by atoms with Gasteiger partial charge in [-0.1, -0.05) is 18.2 Å². The van der Waals surface area contributed by atoms with Crippen LogP contribution in [0.1, 0.15) is 16.7 Å². The van der Waals surface area contributed by atoms with Crippen molar-refractivity contribution in [2.75, 3.05) is 27.4 Å². The Balaban J connectivity index is 1.97. The molecule has 1 heterocycles. The molecule has 0 unspecified atom stereocenters. The average Bonchev–Trinajstić information content (AvgIpc) is 2.90. The fraction of sp³-hybridized carbons (Fsp3) is 0.562. The first-order valence-corrected chi connectivity index (χ1v) is 7.20. The molecular weight excluding hydrogens is 268 g/mol. The summed E-state index contributed by atoms with van der Waals surface area (Å²) in [4.78, 5) is 14.0. The van der Waals surface area contributed by atoms with Crippen LogP contribution >= 0.6 is 0 Å². The van der Waals surface area contributed by atoms with E-state index >= 15 is 0 Å². The van der Waals surface area contributed by atoms with Crippen molar-refractivity contribution >= 4 is 6.03 Å². The summed E-state index contributed by atoms with van der Waals surface area (Å²) in [6, 6.07) is 5.99. The number of hydrogen-bond acceptors (Lipinski definition) is 3. The number of ether oxygens (including phenoxy) is 2. The smallest absolute Gasteiger partial charge is 0.317 e. The molecule has 0 radical (unpaired) electrons. The van der Waals surface area contributed by atoms with Crippen LogP contribution in [0.3, 0.4) is 0 Å². The van der Waals surface area contributed by atoms with Crippen LogP contribution in [0.5, 0.6) is 0 Å². The van der Waals surface area contributed by atoms with Crippen LogP contribution in [0.15, 0.2) is 18.2 Å². The second-order valence-corrected chi connectivity index (χ2v) is 5.59. The molecule has 5 nitrogen and oxygen atoms in total. The van der Waals surface area contributed by atoms with E-state index in [1.807, 2.05) is 6.07 Å². The highest BCUT2D eigenvalue weighted by Crippen LogP contribution is 2.15. The SMILES string of the molecule is CO[C@@H]1COC[C@@H]1NC(=O)N(C)Cc1c(C)cccc1C. The lowest BCUT2D eigenvalue weighted by Gasteiger charge is -2.24. The Morgan fingerprint density at radius 1 is 1.38 bits per heavy atom. The van der Waals surface area contributed by atoms with Gasteiger partial charge in [0.15, 0.2) is 0 Å². The van der Waals surface area contributed by atoms with Gasteiger partial charge in [-0.25, -0.2) is 4.79 Å². The molecule has 1 aliphatic heterocycles. The maximum absolute atomic E-state index is 12.3. The third kappa shape index (κ3) is 3.74. The monoisotopic (exact) mass is 292 g/mol. The van der Waals surface area contributed by atoms with E-state index in [9.17, 15) is 4.79 Å². The minimum absolute atomic E-state index is 0.0671. The van der Waals surface area contributed by atoms with Gasteiger partial charge in [0.2, 0.25) is 0 Å². The zero-order chi connectivity index (χ0) is 15.4. The topological polar surface area (TPSA) is 50.8 Å². The van der Waals surface area contributed by atoms with E-state index in [0.29, 0.717) is 19.8 Å². The molecular formula is C16H24N2O3. The molecule has 0 spiro atoms. The second kappa shape index (κ2) is 6.91. The van der Waals surface area contributed by atoms with Crippen molar-refractivity contribution in [3.05, 3.63) is 34.9 Å². The van der Waals surface area contributed by atoms with E-state index in [4.69, 9.17) is 9.47 Å². The highest BCUT2D eigenvalue weighted by Gasteiger charge is 2.30. The van der Waals surface area contributed by atoms with Gasteiger partial charge in [-0.3, -0.25) is 0 Å². The number of benzene rings is 1. The van der Waals surface area contributed by atoms with Gasteiger partial charge < -0.3 is 19.7 Å². The van der Waals surface area contributed by atoms with Gasteiger partial charge in [0.05, 0.1) is 19.3 Å².